The molecule has 0 aliphatic carbocycles. The minimum Gasteiger partial charge on any atom is -0.361 e. The third-order valence-corrected chi connectivity index (χ3v) is 4.36. The van der Waals surface area contributed by atoms with Crippen LogP contribution in [0.4, 0.5) is 0 Å². The van der Waals surface area contributed by atoms with E-state index in [0.717, 1.165) is 55.4 Å². The highest BCUT2D eigenvalue weighted by Gasteiger charge is 2.24. The van der Waals surface area contributed by atoms with Crippen LogP contribution in [-0.4, -0.2) is 37.7 Å². The third-order valence-electron chi connectivity index (χ3n) is 4.36. The average molecular weight is 297 g/mol. The fraction of sp³-hybridized carbons (Fsp3) is 0.438. The van der Waals surface area contributed by atoms with Crippen molar-refractivity contribution >= 4 is 5.65 Å². The number of aryl methyl sites for hydroxylation is 1. The molecule has 6 nitrogen and oxygen atoms in total. The van der Waals surface area contributed by atoms with Crippen LogP contribution < -0.4 is 0 Å². The molecule has 1 fully saturated rings. The monoisotopic (exact) mass is 297 g/mol. The number of fused-ring (bicyclic) bond motifs is 1. The maximum Gasteiger partial charge on any atom is 0.160 e. The van der Waals surface area contributed by atoms with E-state index in [-0.39, 0.29) is 0 Å². The highest BCUT2D eigenvalue weighted by Crippen LogP contribution is 2.27. The summed E-state index contributed by atoms with van der Waals surface area (Å²) >= 11 is 0. The van der Waals surface area contributed by atoms with Crippen LogP contribution in [0.1, 0.15) is 36.0 Å². The maximum absolute atomic E-state index is 5.14. The topological polar surface area (TPSA) is 59.5 Å². The summed E-state index contributed by atoms with van der Waals surface area (Å²) in [7, 11) is 0. The number of hydrogen-bond acceptors (Lipinski definition) is 5. The molecule has 0 N–H and O–H groups in total. The van der Waals surface area contributed by atoms with Gasteiger partial charge < -0.3 is 4.52 Å². The molecule has 1 aliphatic rings. The van der Waals surface area contributed by atoms with Gasteiger partial charge in [0, 0.05) is 24.7 Å². The van der Waals surface area contributed by atoms with E-state index in [9.17, 15) is 0 Å². The largest absolute Gasteiger partial charge is 0.361 e. The van der Waals surface area contributed by atoms with Crippen LogP contribution in [0.5, 0.6) is 0 Å². The predicted molar refractivity (Wildman–Crippen MR) is 81.5 cm³/mol. The fourth-order valence-corrected chi connectivity index (χ4v) is 3.21. The number of nitrogens with zero attached hydrogens (tertiary/aromatic N) is 5. The molecule has 22 heavy (non-hydrogen) atoms. The van der Waals surface area contributed by atoms with Gasteiger partial charge in [-0.25, -0.2) is 0 Å². The van der Waals surface area contributed by atoms with Gasteiger partial charge in [-0.2, -0.15) is 0 Å². The van der Waals surface area contributed by atoms with Crippen molar-refractivity contribution in [1.82, 2.24) is 24.7 Å². The Morgan fingerprint density at radius 3 is 2.86 bits per heavy atom. The van der Waals surface area contributed by atoms with Crippen LogP contribution in [0.25, 0.3) is 5.65 Å². The Bertz CT molecular complexity index is 770. The van der Waals surface area contributed by atoms with Gasteiger partial charge in [-0.15, -0.1) is 10.2 Å². The fourth-order valence-electron chi connectivity index (χ4n) is 3.21. The summed E-state index contributed by atoms with van der Waals surface area (Å²) in [5, 5.41) is 12.7. The summed E-state index contributed by atoms with van der Waals surface area (Å²) in [4.78, 5) is 2.43. The molecule has 3 aromatic heterocycles. The van der Waals surface area contributed by atoms with Crippen LogP contribution in [0.15, 0.2) is 35.0 Å². The van der Waals surface area contributed by atoms with Crippen molar-refractivity contribution in [3.8, 4) is 0 Å². The predicted octanol–water partition coefficient (Wildman–Crippen LogP) is 2.41. The normalized spacial score (nSPS) is 17.3. The van der Waals surface area contributed by atoms with Gasteiger partial charge in [-0.1, -0.05) is 11.2 Å². The first kappa shape index (κ1) is 13.5. The zero-order valence-corrected chi connectivity index (χ0v) is 12.6. The standard InChI is InChI=1S/C16H19N5O/c1-12-10-14(19-22-12)11-20-8-5-13(6-9-20)16-18-17-15-4-2-3-7-21(15)16/h2-4,7,10,13H,5-6,8-9,11H2,1H3. The molecule has 0 atom stereocenters. The van der Waals surface area contributed by atoms with E-state index >= 15 is 0 Å². The lowest BCUT2D eigenvalue weighted by Crippen LogP contribution is -2.33. The molecule has 0 aromatic carbocycles. The lowest BCUT2D eigenvalue weighted by molar-refractivity contribution is 0.196. The SMILES string of the molecule is Cc1cc(CN2CCC(c3nnc4ccccn34)CC2)no1. The van der Waals surface area contributed by atoms with E-state index in [1.54, 1.807) is 0 Å². The highest BCUT2D eigenvalue weighted by molar-refractivity contribution is 5.37. The second-order valence-electron chi connectivity index (χ2n) is 5.97. The van der Waals surface area contributed by atoms with Crippen LogP contribution >= 0.6 is 0 Å². The van der Waals surface area contributed by atoms with Crippen molar-refractivity contribution in [3.05, 3.63) is 47.7 Å². The molecule has 0 amide bonds. The van der Waals surface area contributed by atoms with Crippen molar-refractivity contribution in [1.29, 1.82) is 0 Å². The first-order valence-corrected chi connectivity index (χ1v) is 7.74. The lowest BCUT2D eigenvalue weighted by atomic mass is 9.96. The third kappa shape index (κ3) is 2.50. The quantitative estimate of drug-likeness (QED) is 0.743. The van der Waals surface area contributed by atoms with Crippen molar-refractivity contribution in [2.24, 2.45) is 0 Å². The number of hydrogen-bond donors (Lipinski definition) is 0. The summed E-state index contributed by atoms with van der Waals surface area (Å²) in [6.45, 7) is 4.90. The zero-order chi connectivity index (χ0) is 14.9. The molecule has 1 aliphatic heterocycles. The van der Waals surface area contributed by atoms with Gasteiger partial charge in [-0.05, 0) is 45.0 Å². The number of rotatable bonds is 3. The molecule has 0 unspecified atom stereocenters. The summed E-state index contributed by atoms with van der Waals surface area (Å²) in [6, 6.07) is 8.04. The molecule has 4 rings (SSSR count). The molecular weight excluding hydrogens is 278 g/mol. The van der Waals surface area contributed by atoms with E-state index in [1.165, 1.54) is 0 Å². The van der Waals surface area contributed by atoms with Crippen molar-refractivity contribution in [2.75, 3.05) is 13.1 Å². The summed E-state index contributed by atoms with van der Waals surface area (Å²) < 4.78 is 7.25. The molecule has 3 aromatic rings. The zero-order valence-electron chi connectivity index (χ0n) is 12.6. The minimum absolute atomic E-state index is 0.479. The van der Waals surface area contributed by atoms with Gasteiger partial charge in [0.15, 0.2) is 5.65 Å². The van der Waals surface area contributed by atoms with E-state index in [1.807, 2.05) is 31.2 Å². The second kappa shape index (κ2) is 5.53. The first-order chi connectivity index (χ1) is 10.8. The van der Waals surface area contributed by atoms with Gasteiger partial charge in [-0.3, -0.25) is 9.30 Å². The molecule has 0 radical (unpaired) electrons. The average Bonchev–Trinajstić information content (AvgIpc) is 3.14. The minimum atomic E-state index is 0.479. The summed E-state index contributed by atoms with van der Waals surface area (Å²) in [5.74, 6) is 2.44. The van der Waals surface area contributed by atoms with Crippen LogP contribution in [-0.2, 0) is 6.54 Å². The second-order valence-corrected chi connectivity index (χ2v) is 5.97. The smallest absolute Gasteiger partial charge is 0.160 e. The number of aromatic nitrogens is 4. The molecule has 0 spiro atoms. The Morgan fingerprint density at radius 2 is 2.09 bits per heavy atom. The Hall–Kier alpha value is -2.21. The van der Waals surface area contributed by atoms with Gasteiger partial charge in [0.25, 0.3) is 0 Å². The Balaban J connectivity index is 1.43. The van der Waals surface area contributed by atoms with Crippen molar-refractivity contribution < 1.29 is 4.52 Å². The summed E-state index contributed by atoms with van der Waals surface area (Å²) in [6.07, 6.45) is 4.26. The van der Waals surface area contributed by atoms with E-state index in [4.69, 9.17) is 4.52 Å². The van der Waals surface area contributed by atoms with Crippen LogP contribution in [0.3, 0.4) is 0 Å². The molecule has 0 saturated carbocycles. The van der Waals surface area contributed by atoms with E-state index in [0.29, 0.717) is 5.92 Å². The van der Waals surface area contributed by atoms with Gasteiger partial charge in [0.05, 0.1) is 5.69 Å². The maximum atomic E-state index is 5.14. The van der Waals surface area contributed by atoms with Gasteiger partial charge in [0.2, 0.25) is 0 Å². The van der Waals surface area contributed by atoms with Gasteiger partial charge >= 0.3 is 0 Å². The van der Waals surface area contributed by atoms with E-state index in [2.05, 4.69) is 30.9 Å². The molecule has 114 valence electrons. The first-order valence-electron chi connectivity index (χ1n) is 7.74. The lowest BCUT2D eigenvalue weighted by Gasteiger charge is -2.30. The Labute approximate surface area is 128 Å². The Kier molecular flexibility index (Phi) is 3.38. The number of likely N-dealkylation sites (tertiary alicyclic amines) is 1. The van der Waals surface area contributed by atoms with Crippen molar-refractivity contribution in [3.63, 3.8) is 0 Å². The molecule has 0 bridgehead atoms. The van der Waals surface area contributed by atoms with E-state index < -0.39 is 0 Å². The highest BCUT2D eigenvalue weighted by atomic mass is 16.5. The van der Waals surface area contributed by atoms with Crippen LogP contribution in [0, 0.1) is 6.92 Å². The van der Waals surface area contributed by atoms with Crippen LogP contribution in [0.2, 0.25) is 0 Å². The van der Waals surface area contributed by atoms with Gasteiger partial charge in [0.1, 0.15) is 11.6 Å². The molecule has 4 heterocycles. The summed E-state index contributed by atoms with van der Waals surface area (Å²) in [5.41, 5.74) is 1.95. The number of piperidine rings is 1. The molecule has 6 heteroatoms. The molecular formula is C16H19N5O. The van der Waals surface area contributed by atoms with Crippen molar-refractivity contribution in [2.45, 2.75) is 32.2 Å². The number of pyridine rings is 1. The molecule has 1 saturated heterocycles. The Morgan fingerprint density at radius 1 is 1.23 bits per heavy atom.